The van der Waals surface area contributed by atoms with E-state index in [0.717, 1.165) is 35.5 Å². The Labute approximate surface area is 210 Å². The molecule has 2 aliphatic rings. The van der Waals surface area contributed by atoms with Crippen LogP contribution >= 0.6 is 0 Å². The predicted octanol–water partition coefficient (Wildman–Crippen LogP) is 7.55. The van der Waals surface area contributed by atoms with E-state index in [1.54, 1.807) is 0 Å². The Kier molecular flexibility index (Phi) is 8.64. The summed E-state index contributed by atoms with van der Waals surface area (Å²) in [6.45, 7) is 5.80. The minimum Gasteiger partial charge on any atom is -0.494 e. The smallest absolute Gasteiger partial charge is 0.177 e. The summed E-state index contributed by atoms with van der Waals surface area (Å²) >= 11 is 0. The molecule has 4 heteroatoms. The van der Waals surface area contributed by atoms with E-state index in [4.69, 9.17) is 9.47 Å². The van der Waals surface area contributed by atoms with E-state index in [-0.39, 0.29) is 11.6 Å². The van der Waals surface area contributed by atoms with Crippen LogP contribution in [0.1, 0.15) is 110 Å². The molecule has 4 rings (SSSR count). The number of hydrogen-bond donors (Lipinski definition) is 0. The van der Waals surface area contributed by atoms with Gasteiger partial charge in [0.15, 0.2) is 11.6 Å². The second-order valence-corrected chi connectivity index (χ2v) is 10.3. The van der Waals surface area contributed by atoms with E-state index in [2.05, 4.69) is 13.8 Å². The Morgan fingerprint density at radius 2 is 1.06 bits per heavy atom. The van der Waals surface area contributed by atoms with Crippen LogP contribution in [0, 0.1) is 5.41 Å². The predicted molar refractivity (Wildman–Crippen MR) is 140 cm³/mol. The van der Waals surface area contributed by atoms with Gasteiger partial charge in [-0.3, -0.25) is 9.59 Å². The number of ether oxygens (including phenoxy) is 2. The average molecular weight is 477 g/mol. The van der Waals surface area contributed by atoms with Crippen LogP contribution in [0.3, 0.4) is 0 Å². The van der Waals surface area contributed by atoms with Gasteiger partial charge in [0, 0.05) is 11.1 Å². The molecule has 0 heterocycles. The van der Waals surface area contributed by atoms with Crippen molar-refractivity contribution in [3.8, 4) is 11.5 Å². The highest BCUT2D eigenvalue weighted by Crippen LogP contribution is 2.48. The highest BCUT2D eigenvalue weighted by Gasteiger charge is 2.55. The van der Waals surface area contributed by atoms with Crippen molar-refractivity contribution in [2.75, 3.05) is 13.2 Å². The van der Waals surface area contributed by atoms with Crippen LogP contribution in [0.15, 0.2) is 36.4 Å². The third-order valence-corrected chi connectivity index (χ3v) is 7.53. The maximum atomic E-state index is 13.5. The fraction of sp³-hybridized carbons (Fsp3) is 0.548. The van der Waals surface area contributed by atoms with Gasteiger partial charge in [0.2, 0.25) is 0 Å². The van der Waals surface area contributed by atoms with E-state index in [9.17, 15) is 9.59 Å². The van der Waals surface area contributed by atoms with Gasteiger partial charge in [-0.1, -0.05) is 65.2 Å². The Hall–Kier alpha value is -2.62. The first kappa shape index (κ1) is 25.5. The van der Waals surface area contributed by atoms with Crippen LogP contribution in [0.5, 0.6) is 11.5 Å². The van der Waals surface area contributed by atoms with Crippen LogP contribution in [-0.2, 0) is 12.8 Å². The highest BCUT2D eigenvalue weighted by atomic mass is 16.5. The maximum absolute atomic E-state index is 13.5. The number of fused-ring (bicyclic) bond motifs is 2. The molecule has 1 spiro atoms. The molecule has 2 aliphatic carbocycles. The summed E-state index contributed by atoms with van der Waals surface area (Å²) in [5.74, 6) is 1.50. The summed E-state index contributed by atoms with van der Waals surface area (Å²) in [5, 5.41) is 0. The van der Waals surface area contributed by atoms with Gasteiger partial charge in [-0.25, -0.2) is 0 Å². The third-order valence-electron chi connectivity index (χ3n) is 7.53. The lowest BCUT2D eigenvalue weighted by atomic mass is 9.80. The first-order valence-corrected chi connectivity index (χ1v) is 13.7. The molecule has 2 aromatic carbocycles. The van der Waals surface area contributed by atoms with Gasteiger partial charge < -0.3 is 9.47 Å². The van der Waals surface area contributed by atoms with E-state index in [1.165, 1.54) is 51.4 Å². The number of benzene rings is 2. The average Bonchev–Trinajstić information content (AvgIpc) is 3.30. The summed E-state index contributed by atoms with van der Waals surface area (Å²) < 4.78 is 11.9. The summed E-state index contributed by atoms with van der Waals surface area (Å²) in [5.41, 5.74) is 2.21. The van der Waals surface area contributed by atoms with E-state index in [1.807, 2.05) is 36.4 Å². The fourth-order valence-electron chi connectivity index (χ4n) is 5.50. The molecule has 188 valence electrons. The fourth-order valence-corrected chi connectivity index (χ4v) is 5.50. The molecule has 0 N–H and O–H groups in total. The monoisotopic (exact) mass is 476 g/mol. The van der Waals surface area contributed by atoms with Gasteiger partial charge in [0.05, 0.1) is 13.2 Å². The third kappa shape index (κ3) is 5.63. The number of hydrogen-bond acceptors (Lipinski definition) is 4. The Morgan fingerprint density at radius 3 is 1.49 bits per heavy atom. The lowest BCUT2D eigenvalue weighted by molar-refractivity contribution is 0.0705. The van der Waals surface area contributed by atoms with Crippen LogP contribution in [0.25, 0.3) is 0 Å². The Balaban J connectivity index is 1.37. The summed E-state index contributed by atoms with van der Waals surface area (Å²) in [6, 6.07) is 11.4. The van der Waals surface area contributed by atoms with Crippen LogP contribution in [0.2, 0.25) is 0 Å². The van der Waals surface area contributed by atoms with Crippen molar-refractivity contribution in [3.05, 3.63) is 58.7 Å². The minimum atomic E-state index is -0.998. The van der Waals surface area contributed by atoms with Crippen molar-refractivity contribution in [2.24, 2.45) is 5.41 Å². The molecular weight excluding hydrogens is 436 g/mol. The quantitative estimate of drug-likeness (QED) is 0.209. The SMILES string of the molecule is CCCCCCCOc1ccc2c(c1)CC1(Cc3cc(OCCCCCCC)ccc3C1=O)C2=O. The van der Waals surface area contributed by atoms with Crippen molar-refractivity contribution in [1.29, 1.82) is 0 Å². The van der Waals surface area contributed by atoms with Gasteiger partial charge in [-0.2, -0.15) is 0 Å². The number of ketones is 2. The molecule has 0 aromatic heterocycles. The van der Waals surface area contributed by atoms with E-state index >= 15 is 0 Å². The second kappa shape index (κ2) is 11.9. The molecule has 0 atom stereocenters. The number of rotatable bonds is 14. The van der Waals surface area contributed by atoms with Gasteiger partial charge in [-0.15, -0.1) is 0 Å². The van der Waals surface area contributed by atoms with Crippen molar-refractivity contribution in [3.63, 3.8) is 0 Å². The summed E-state index contributed by atoms with van der Waals surface area (Å²) in [6.07, 6.45) is 12.8. The molecule has 0 fully saturated rings. The number of carbonyl (C=O) groups excluding carboxylic acids is 2. The molecule has 0 aliphatic heterocycles. The maximum Gasteiger partial charge on any atom is 0.177 e. The summed E-state index contributed by atoms with van der Waals surface area (Å²) in [7, 11) is 0. The van der Waals surface area contributed by atoms with Crippen molar-refractivity contribution in [1.82, 2.24) is 0 Å². The van der Waals surface area contributed by atoms with Gasteiger partial charge in [-0.05, 0) is 73.2 Å². The van der Waals surface area contributed by atoms with E-state index in [0.29, 0.717) is 37.2 Å². The topological polar surface area (TPSA) is 52.6 Å². The van der Waals surface area contributed by atoms with Gasteiger partial charge >= 0.3 is 0 Å². The van der Waals surface area contributed by atoms with Crippen molar-refractivity contribution >= 4 is 11.6 Å². The molecule has 0 radical (unpaired) electrons. The first-order valence-electron chi connectivity index (χ1n) is 13.7. The summed E-state index contributed by atoms with van der Waals surface area (Å²) in [4.78, 5) is 26.9. The largest absolute Gasteiger partial charge is 0.494 e. The molecule has 0 unspecified atom stereocenters. The van der Waals surface area contributed by atoms with Crippen molar-refractivity contribution < 1.29 is 19.1 Å². The molecule has 0 amide bonds. The van der Waals surface area contributed by atoms with Crippen LogP contribution in [0.4, 0.5) is 0 Å². The lowest BCUT2D eigenvalue weighted by Gasteiger charge is -2.18. The molecule has 0 saturated carbocycles. The number of unbranched alkanes of at least 4 members (excludes halogenated alkanes) is 8. The number of Topliss-reactive ketones (excluding diaryl/α,β-unsaturated/α-hetero) is 2. The zero-order chi connectivity index (χ0) is 24.7. The van der Waals surface area contributed by atoms with E-state index < -0.39 is 5.41 Å². The molecule has 4 nitrogen and oxygen atoms in total. The van der Waals surface area contributed by atoms with Gasteiger partial charge in [0.25, 0.3) is 0 Å². The first-order chi connectivity index (χ1) is 17.1. The molecular formula is C31H40O4. The molecule has 0 bridgehead atoms. The second-order valence-electron chi connectivity index (χ2n) is 10.3. The Bertz CT molecular complexity index is 955. The highest BCUT2D eigenvalue weighted by molar-refractivity contribution is 6.24. The minimum absolute atomic E-state index is 0.0433. The van der Waals surface area contributed by atoms with Crippen LogP contribution in [-0.4, -0.2) is 24.8 Å². The normalized spacial score (nSPS) is 15.5. The number of carbonyl (C=O) groups is 2. The molecule has 2 aromatic rings. The zero-order valence-corrected chi connectivity index (χ0v) is 21.5. The van der Waals surface area contributed by atoms with Gasteiger partial charge in [0.1, 0.15) is 16.9 Å². The van der Waals surface area contributed by atoms with Crippen molar-refractivity contribution in [2.45, 2.75) is 90.9 Å². The molecule has 0 saturated heterocycles. The standard InChI is InChI=1S/C31H40O4/c1-3-5-7-9-11-17-34-25-13-15-27-23(19-25)21-31(29(27)32)22-24-20-26(14-16-28(24)30(31)33)35-18-12-10-8-6-4-2/h13-16,19-20H,3-12,17-18,21-22H2,1-2H3. The lowest BCUT2D eigenvalue weighted by Crippen LogP contribution is -2.34. The van der Waals surface area contributed by atoms with Crippen LogP contribution < -0.4 is 9.47 Å². The molecule has 35 heavy (non-hydrogen) atoms. The Morgan fingerprint density at radius 1 is 0.629 bits per heavy atom. The zero-order valence-electron chi connectivity index (χ0n) is 21.5.